The predicted molar refractivity (Wildman–Crippen MR) is 117 cm³/mol. The second-order valence-corrected chi connectivity index (χ2v) is 9.40. The maximum atomic E-state index is 13.8. The van der Waals surface area contributed by atoms with Gasteiger partial charge in [-0.25, -0.2) is 0 Å². The van der Waals surface area contributed by atoms with Crippen LogP contribution in [0.3, 0.4) is 0 Å². The number of aryl methyl sites for hydroxylation is 1. The Bertz CT molecular complexity index is 1100. The minimum absolute atomic E-state index is 0.00339. The molecular formula is C25H28N2O5. The SMILES string of the molecule is Cc1cc(N2C(=O)C3=C(C(=O)C4CC(C)CCC4O3)C2c2cccc(OC(C)C)c2)no1. The van der Waals surface area contributed by atoms with Gasteiger partial charge in [0.15, 0.2) is 17.4 Å². The number of aromatic nitrogens is 1. The topological polar surface area (TPSA) is 81.9 Å². The van der Waals surface area contributed by atoms with E-state index in [1.807, 2.05) is 38.1 Å². The molecule has 7 nitrogen and oxygen atoms in total. The summed E-state index contributed by atoms with van der Waals surface area (Å²) in [6.45, 7) is 7.86. The van der Waals surface area contributed by atoms with Gasteiger partial charge in [0.1, 0.15) is 17.6 Å². The van der Waals surface area contributed by atoms with Crippen LogP contribution in [-0.2, 0) is 14.3 Å². The van der Waals surface area contributed by atoms with Crippen molar-refractivity contribution >= 4 is 17.5 Å². The van der Waals surface area contributed by atoms with Crippen molar-refractivity contribution in [3.05, 3.63) is 53.0 Å². The third-order valence-corrected chi connectivity index (χ3v) is 6.52. The molecule has 7 heteroatoms. The molecule has 5 rings (SSSR count). The number of carbonyl (C=O) groups excluding carboxylic acids is 2. The van der Waals surface area contributed by atoms with Crippen molar-refractivity contribution in [3.63, 3.8) is 0 Å². The lowest BCUT2D eigenvalue weighted by Gasteiger charge is -2.37. The van der Waals surface area contributed by atoms with E-state index in [-0.39, 0.29) is 35.6 Å². The van der Waals surface area contributed by atoms with Gasteiger partial charge < -0.3 is 14.0 Å². The number of rotatable bonds is 4. The fraction of sp³-hybridized carbons (Fsp3) is 0.480. The normalized spacial score (nSPS) is 27.5. The zero-order valence-corrected chi connectivity index (χ0v) is 18.8. The molecule has 2 aromatic rings. The lowest BCUT2D eigenvalue weighted by atomic mass is 9.74. The van der Waals surface area contributed by atoms with E-state index in [4.69, 9.17) is 14.0 Å². The molecule has 1 aromatic heterocycles. The van der Waals surface area contributed by atoms with Gasteiger partial charge in [-0.3, -0.25) is 14.5 Å². The number of hydrogen-bond acceptors (Lipinski definition) is 6. The van der Waals surface area contributed by atoms with E-state index in [1.165, 1.54) is 4.90 Å². The quantitative estimate of drug-likeness (QED) is 0.701. The number of ketones is 1. The number of hydrogen-bond donors (Lipinski definition) is 0. The van der Waals surface area contributed by atoms with Crippen LogP contribution >= 0.6 is 0 Å². The molecule has 168 valence electrons. The minimum Gasteiger partial charge on any atom is -0.491 e. The molecule has 0 spiro atoms. The van der Waals surface area contributed by atoms with E-state index in [1.54, 1.807) is 13.0 Å². The minimum atomic E-state index is -0.636. The predicted octanol–water partition coefficient (Wildman–Crippen LogP) is 4.52. The van der Waals surface area contributed by atoms with Crippen molar-refractivity contribution in [2.75, 3.05) is 4.90 Å². The summed E-state index contributed by atoms with van der Waals surface area (Å²) in [6, 6.07) is 8.61. The highest BCUT2D eigenvalue weighted by molar-refractivity contribution is 6.17. The average Bonchev–Trinajstić information content (AvgIpc) is 3.29. The molecule has 1 aliphatic carbocycles. The molecule has 0 bridgehead atoms. The molecule has 3 aliphatic rings. The standard InChI is InChI=1S/C25H28N2O5/c1-13(2)30-17-7-5-6-16(12-17)22-21-23(28)18-10-14(3)8-9-19(18)31-24(21)25(29)27(22)20-11-15(4)32-26-20/h5-7,11-14,18-19,22H,8-10H2,1-4H3. The fourth-order valence-electron chi connectivity index (χ4n) is 5.13. The van der Waals surface area contributed by atoms with E-state index in [9.17, 15) is 9.59 Å². The first-order valence-electron chi connectivity index (χ1n) is 11.3. The Morgan fingerprint density at radius 3 is 2.72 bits per heavy atom. The Morgan fingerprint density at radius 1 is 1.19 bits per heavy atom. The molecular weight excluding hydrogens is 408 g/mol. The van der Waals surface area contributed by atoms with Crippen LogP contribution in [0.2, 0.25) is 0 Å². The zero-order chi connectivity index (χ0) is 22.6. The van der Waals surface area contributed by atoms with E-state index in [0.717, 1.165) is 24.8 Å². The van der Waals surface area contributed by atoms with E-state index in [0.29, 0.717) is 28.8 Å². The van der Waals surface area contributed by atoms with Gasteiger partial charge in [0.2, 0.25) is 0 Å². The highest BCUT2D eigenvalue weighted by Crippen LogP contribution is 2.49. The number of amides is 1. The maximum Gasteiger partial charge on any atom is 0.295 e. The van der Waals surface area contributed by atoms with Crippen LogP contribution in [0.5, 0.6) is 5.75 Å². The monoisotopic (exact) mass is 436 g/mol. The van der Waals surface area contributed by atoms with Gasteiger partial charge in [-0.1, -0.05) is 24.2 Å². The first-order valence-corrected chi connectivity index (χ1v) is 11.3. The lowest BCUT2D eigenvalue weighted by molar-refractivity contribution is -0.132. The smallest absolute Gasteiger partial charge is 0.295 e. The van der Waals surface area contributed by atoms with Crippen LogP contribution in [-0.4, -0.2) is 29.1 Å². The molecule has 0 saturated heterocycles. The molecule has 0 N–H and O–H groups in total. The third-order valence-electron chi connectivity index (χ3n) is 6.52. The van der Waals surface area contributed by atoms with Gasteiger partial charge in [-0.05, 0) is 63.6 Å². The Hall–Kier alpha value is -3.09. The molecule has 4 unspecified atom stereocenters. The van der Waals surface area contributed by atoms with Gasteiger partial charge in [-0.2, -0.15) is 0 Å². The summed E-state index contributed by atoms with van der Waals surface area (Å²) in [5.41, 5.74) is 1.20. The zero-order valence-electron chi connectivity index (χ0n) is 18.8. The molecule has 32 heavy (non-hydrogen) atoms. The Labute approximate surface area is 187 Å². The summed E-state index contributed by atoms with van der Waals surface area (Å²) in [7, 11) is 0. The first kappa shape index (κ1) is 20.8. The number of nitrogens with zero attached hydrogens (tertiary/aromatic N) is 2. The van der Waals surface area contributed by atoms with E-state index < -0.39 is 6.04 Å². The number of benzene rings is 1. The van der Waals surface area contributed by atoms with Gasteiger partial charge >= 0.3 is 0 Å². The van der Waals surface area contributed by atoms with Crippen molar-refractivity contribution in [1.29, 1.82) is 0 Å². The van der Waals surface area contributed by atoms with Crippen molar-refractivity contribution < 1.29 is 23.6 Å². The molecule has 3 heterocycles. The molecule has 1 amide bonds. The maximum absolute atomic E-state index is 13.8. The number of ether oxygens (including phenoxy) is 2. The number of fused-ring (bicyclic) bond motifs is 1. The molecule has 0 radical (unpaired) electrons. The molecule has 1 saturated carbocycles. The van der Waals surface area contributed by atoms with Crippen molar-refractivity contribution in [2.45, 2.75) is 65.2 Å². The largest absolute Gasteiger partial charge is 0.491 e. The Balaban J connectivity index is 1.62. The number of carbonyl (C=O) groups is 2. The van der Waals surface area contributed by atoms with Crippen molar-refractivity contribution in [3.8, 4) is 5.75 Å². The second-order valence-electron chi connectivity index (χ2n) is 9.40. The summed E-state index contributed by atoms with van der Waals surface area (Å²) in [5, 5.41) is 4.09. The number of anilines is 1. The third kappa shape index (κ3) is 3.40. The molecule has 1 aromatic carbocycles. The molecule has 4 atom stereocenters. The van der Waals surface area contributed by atoms with Gasteiger partial charge in [0, 0.05) is 6.07 Å². The highest BCUT2D eigenvalue weighted by Gasteiger charge is 2.53. The van der Waals surface area contributed by atoms with Crippen LogP contribution in [0.25, 0.3) is 0 Å². The summed E-state index contributed by atoms with van der Waals surface area (Å²) < 4.78 is 17.4. The van der Waals surface area contributed by atoms with Gasteiger partial charge in [0.25, 0.3) is 5.91 Å². The van der Waals surface area contributed by atoms with Crippen molar-refractivity contribution in [2.24, 2.45) is 11.8 Å². The Morgan fingerprint density at radius 2 is 2.00 bits per heavy atom. The molecule has 1 fully saturated rings. The first-order chi connectivity index (χ1) is 15.3. The lowest BCUT2D eigenvalue weighted by Crippen LogP contribution is -2.41. The summed E-state index contributed by atoms with van der Waals surface area (Å²) >= 11 is 0. The van der Waals surface area contributed by atoms with Crippen molar-refractivity contribution in [1.82, 2.24) is 5.16 Å². The van der Waals surface area contributed by atoms with E-state index in [2.05, 4.69) is 12.1 Å². The van der Waals surface area contributed by atoms with Crippen LogP contribution in [0, 0.1) is 18.8 Å². The summed E-state index contributed by atoms with van der Waals surface area (Å²) in [4.78, 5) is 28.8. The van der Waals surface area contributed by atoms with Crippen LogP contribution < -0.4 is 9.64 Å². The van der Waals surface area contributed by atoms with Gasteiger partial charge in [0.05, 0.1) is 23.6 Å². The number of Topliss-reactive ketones (excluding diaryl/α,β-unsaturated/α-hetero) is 1. The average molecular weight is 437 g/mol. The van der Waals surface area contributed by atoms with E-state index >= 15 is 0 Å². The van der Waals surface area contributed by atoms with Crippen LogP contribution in [0.15, 0.2) is 46.2 Å². The van der Waals surface area contributed by atoms with Crippen LogP contribution in [0.1, 0.15) is 57.4 Å². The summed E-state index contributed by atoms with van der Waals surface area (Å²) in [6.07, 6.45) is 2.32. The molecule has 2 aliphatic heterocycles. The summed E-state index contributed by atoms with van der Waals surface area (Å²) in [5.74, 6) is 1.70. The van der Waals surface area contributed by atoms with Gasteiger partial charge in [-0.15, -0.1) is 0 Å². The van der Waals surface area contributed by atoms with Crippen LogP contribution in [0.4, 0.5) is 5.82 Å². The highest BCUT2D eigenvalue weighted by atomic mass is 16.5. The fourth-order valence-corrected chi connectivity index (χ4v) is 5.13. The Kier molecular flexibility index (Phi) is 5.07. The second kappa shape index (κ2) is 7.80.